The molecule has 0 radical (unpaired) electrons. The standard InChI is InChI=1S/C26H36O/c1-3-5-6-8-22-11-17-25(18-12-22)27-26-19-15-24(16-20-26)23-13-9-21(7-4-2)10-14-23/h11-12,15-21,23H,3-10,13-14H2,1-2H3. The van der Waals surface area contributed by atoms with E-state index in [1.54, 1.807) is 0 Å². The van der Waals surface area contributed by atoms with Crippen molar-refractivity contribution in [3.63, 3.8) is 0 Å². The first-order valence-electron chi connectivity index (χ1n) is 11.1. The van der Waals surface area contributed by atoms with Gasteiger partial charge in [-0.2, -0.15) is 0 Å². The molecule has 3 rings (SSSR count). The topological polar surface area (TPSA) is 9.23 Å². The van der Waals surface area contributed by atoms with Gasteiger partial charge in [-0.3, -0.25) is 0 Å². The Morgan fingerprint density at radius 3 is 1.96 bits per heavy atom. The van der Waals surface area contributed by atoms with Crippen LogP contribution in [0.1, 0.15) is 88.7 Å². The number of aryl methyl sites for hydroxylation is 1. The fourth-order valence-corrected chi connectivity index (χ4v) is 4.44. The second kappa shape index (κ2) is 10.5. The van der Waals surface area contributed by atoms with Crippen LogP contribution in [0.15, 0.2) is 48.5 Å². The molecule has 1 fully saturated rings. The molecule has 0 amide bonds. The molecule has 0 spiro atoms. The number of benzene rings is 2. The van der Waals surface area contributed by atoms with Gasteiger partial charge in [0.1, 0.15) is 11.5 Å². The summed E-state index contributed by atoms with van der Waals surface area (Å²) in [7, 11) is 0. The molecule has 0 unspecified atom stereocenters. The third-order valence-electron chi connectivity index (χ3n) is 6.12. The summed E-state index contributed by atoms with van der Waals surface area (Å²) >= 11 is 0. The van der Waals surface area contributed by atoms with E-state index in [1.807, 2.05) is 0 Å². The van der Waals surface area contributed by atoms with Gasteiger partial charge < -0.3 is 4.74 Å². The first-order valence-corrected chi connectivity index (χ1v) is 11.1. The van der Waals surface area contributed by atoms with Crippen molar-refractivity contribution >= 4 is 0 Å². The van der Waals surface area contributed by atoms with E-state index in [-0.39, 0.29) is 0 Å². The van der Waals surface area contributed by atoms with Gasteiger partial charge in [-0.1, -0.05) is 63.8 Å². The second-order valence-corrected chi connectivity index (χ2v) is 8.28. The summed E-state index contributed by atoms with van der Waals surface area (Å²) in [5.74, 6) is 3.59. The van der Waals surface area contributed by atoms with Gasteiger partial charge in [0.2, 0.25) is 0 Å². The van der Waals surface area contributed by atoms with Crippen LogP contribution in [0.3, 0.4) is 0 Å². The average Bonchev–Trinajstić information content (AvgIpc) is 2.71. The van der Waals surface area contributed by atoms with Gasteiger partial charge in [0.25, 0.3) is 0 Å². The summed E-state index contributed by atoms with van der Waals surface area (Å²) < 4.78 is 6.05. The van der Waals surface area contributed by atoms with Gasteiger partial charge >= 0.3 is 0 Å². The highest BCUT2D eigenvalue weighted by Gasteiger charge is 2.21. The van der Waals surface area contributed by atoms with Crippen LogP contribution in [0.2, 0.25) is 0 Å². The highest BCUT2D eigenvalue weighted by atomic mass is 16.5. The van der Waals surface area contributed by atoms with Crippen molar-refractivity contribution < 1.29 is 4.74 Å². The van der Waals surface area contributed by atoms with E-state index in [0.717, 1.165) is 23.3 Å². The molecule has 146 valence electrons. The van der Waals surface area contributed by atoms with Crippen molar-refractivity contribution in [3.8, 4) is 11.5 Å². The largest absolute Gasteiger partial charge is 0.457 e. The maximum absolute atomic E-state index is 6.05. The van der Waals surface area contributed by atoms with Crippen LogP contribution in [0.4, 0.5) is 0 Å². The zero-order valence-electron chi connectivity index (χ0n) is 17.3. The Morgan fingerprint density at radius 1 is 0.741 bits per heavy atom. The third kappa shape index (κ3) is 6.13. The molecule has 1 aliphatic carbocycles. The molecule has 0 N–H and O–H groups in total. The molecule has 27 heavy (non-hydrogen) atoms. The summed E-state index contributed by atoms with van der Waals surface area (Å²) in [4.78, 5) is 0. The van der Waals surface area contributed by atoms with Crippen LogP contribution in [-0.2, 0) is 6.42 Å². The first-order chi connectivity index (χ1) is 13.3. The van der Waals surface area contributed by atoms with Gasteiger partial charge in [-0.25, -0.2) is 0 Å². The minimum atomic E-state index is 0.745. The maximum atomic E-state index is 6.05. The molecule has 0 bridgehead atoms. The Morgan fingerprint density at radius 2 is 1.37 bits per heavy atom. The molecule has 0 aromatic heterocycles. The zero-order chi connectivity index (χ0) is 18.9. The minimum Gasteiger partial charge on any atom is -0.457 e. The fourth-order valence-electron chi connectivity index (χ4n) is 4.44. The first kappa shape index (κ1) is 20.0. The Hall–Kier alpha value is -1.76. The summed E-state index contributed by atoms with van der Waals surface area (Å²) in [5.41, 5.74) is 2.90. The number of unbranched alkanes of at least 4 members (excludes halogenated alkanes) is 2. The van der Waals surface area contributed by atoms with Crippen LogP contribution >= 0.6 is 0 Å². The fraction of sp³-hybridized carbons (Fsp3) is 0.538. The lowest BCUT2D eigenvalue weighted by Crippen LogP contribution is -2.13. The Kier molecular flexibility index (Phi) is 7.80. The molecular formula is C26H36O. The Bertz CT molecular complexity index is 648. The molecule has 1 nitrogen and oxygen atoms in total. The van der Waals surface area contributed by atoms with Gasteiger partial charge in [0.05, 0.1) is 0 Å². The van der Waals surface area contributed by atoms with Crippen molar-refractivity contribution in [1.82, 2.24) is 0 Å². The van der Waals surface area contributed by atoms with E-state index < -0.39 is 0 Å². The minimum absolute atomic E-state index is 0.745. The van der Waals surface area contributed by atoms with E-state index in [1.165, 1.54) is 75.3 Å². The highest BCUT2D eigenvalue weighted by molar-refractivity contribution is 5.35. The molecule has 0 saturated heterocycles. The van der Waals surface area contributed by atoms with Crippen LogP contribution in [-0.4, -0.2) is 0 Å². The lowest BCUT2D eigenvalue weighted by molar-refractivity contribution is 0.308. The van der Waals surface area contributed by atoms with Crippen LogP contribution < -0.4 is 4.74 Å². The third-order valence-corrected chi connectivity index (χ3v) is 6.12. The lowest BCUT2D eigenvalue weighted by atomic mass is 9.77. The molecule has 1 heteroatoms. The predicted octanol–water partition coefficient (Wildman–Crippen LogP) is 8.29. The number of ether oxygens (including phenoxy) is 1. The smallest absolute Gasteiger partial charge is 0.127 e. The normalized spacial score (nSPS) is 19.8. The van der Waals surface area contributed by atoms with Crippen LogP contribution in [0.25, 0.3) is 0 Å². The summed E-state index contributed by atoms with van der Waals surface area (Å²) in [6.45, 7) is 4.56. The molecule has 2 aromatic rings. The van der Waals surface area contributed by atoms with Crippen molar-refractivity contribution in [1.29, 1.82) is 0 Å². The Labute approximate surface area is 166 Å². The molecular weight excluding hydrogens is 328 g/mol. The van der Waals surface area contributed by atoms with Crippen molar-refractivity contribution in [2.45, 2.75) is 84.0 Å². The van der Waals surface area contributed by atoms with E-state index >= 15 is 0 Å². The molecule has 2 aromatic carbocycles. The van der Waals surface area contributed by atoms with Crippen molar-refractivity contribution in [3.05, 3.63) is 59.7 Å². The molecule has 1 saturated carbocycles. The van der Waals surface area contributed by atoms with Crippen LogP contribution in [0.5, 0.6) is 11.5 Å². The monoisotopic (exact) mass is 364 g/mol. The predicted molar refractivity (Wildman–Crippen MR) is 116 cm³/mol. The number of hydrogen-bond donors (Lipinski definition) is 0. The highest BCUT2D eigenvalue weighted by Crippen LogP contribution is 2.38. The summed E-state index contributed by atoms with van der Waals surface area (Å²) in [6.07, 6.45) is 13.3. The lowest BCUT2D eigenvalue weighted by Gasteiger charge is -2.28. The van der Waals surface area contributed by atoms with Gasteiger partial charge in [-0.15, -0.1) is 0 Å². The summed E-state index contributed by atoms with van der Waals surface area (Å²) in [5, 5.41) is 0. The molecule has 0 atom stereocenters. The molecule has 1 aliphatic rings. The average molecular weight is 365 g/mol. The molecule has 0 aliphatic heterocycles. The van der Waals surface area contributed by atoms with E-state index in [4.69, 9.17) is 4.74 Å². The van der Waals surface area contributed by atoms with E-state index in [2.05, 4.69) is 62.4 Å². The Balaban J connectivity index is 1.50. The number of rotatable bonds is 9. The summed E-state index contributed by atoms with van der Waals surface area (Å²) in [6, 6.07) is 17.4. The van der Waals surface area contributed by atoms with Gasteiger partial charge in [0, 0.05) is 0 Å². The van der Waals surface area contributed by atoms with Gasteiger partial charge in [-0.05, 0) is 85.8 Å². The SMILES string of the molecule is CCCCCc1ccc(Oc2ccc(C3CCC(CCC)CC3)cc2)cc1. The number of hydrogen-bond acceptors (Lipinski definition) is 1. The van der Waals surface area contributed by atoms with Crippen molar-refractivity contribution in [2.75, 3.05) is 0 Å². The van der Waals surface area contributed by atoms with E-state index in [9.17, 15) is 0 Å². The van der Waals surface area contributed by atoms with Crippen molar-refractivity contribution in [2.24, 2.45) is 5.92 Å². The van der Waals surface area contributed by atoms with E-state index in [0.29, 0.717) is 0 Å². The molecule has 0 heterocycles. The van der Waals surface area contributed by atoms with Gasteiger partial charge in [0.15, 0.2) is 0 Å². The maximum Gasteiger partial charge on any atom is 0.127 e. The van der Waals surface area contributed by atoms with Crippen LogP contribution in [0, 0.1) is 5.92 Å². The second-order valence-electron chi connectivity index (χ2n) is 8.28. The zero-order valence-corrected chi connectivity index (χ0v) is 17.3. The quantitative estimate of drug-likeness (QED) is 0.407.